The molecule has 2 heterocycles. The van der Waals surface area contributed by atoms with Crippen molar-refractivity contribution in [1.29, 1.82) is 0 Å². The highest BCUT2D eigenvalue weighted by Crippen LogP contribution is 2.29. The minimum atomic E-state index is -0.975. The van der Waals surface area contributed by atoms with Gasteiger partial charge in [0.25, 0.3) is 0 Å². The number of aromatic nitrogens is 1. The van der Waals surface area contributed by atoms with Crippen molar-refractivity contribution in [3.63, 3.8) is 0 Å². The number of ketones is 1. The Morgan fingerprint density at radius 2 is 1.89 bits per heavy atom. The fourth-order valence-corrected chi connectivity index (χ4v) is 4.98. The predicted octanol–water partition coefficient (Wildman–Crippen LogP) is 0.623. The van der Waals surface area contributed by atoms with Gasteiger partial charge in [-0.05, 0) is 37.5 Å². The number of nitrogens with zero attached hydrogens (tertiary/aromatic N) is 2. The van der Waals surface area contributed by atoms with Crippen molar-refractivity contribution in [3.05, 3.63) is 40.9 Å². The van der Waals surface area contributed by atoms with Crippen LogP contribution < -0.4 is 21.3 Å². The number of rotatable bonds is 12. The van der Waals surface area contributed by atoms with Gasteiger partial charge in [0.15, 0.2) is 10.9 Å². The summed E-state index contributed by atoms with van der Waals surface area (Å²) in [5.74, 6) is -2.49. The van der Waals surface area contributed by atoms with Crippen LogP contribution in [0.15, 0.2) is 30.5 Å². The molecule has 0 radical (unpaired) electrons. The number of phenols is 1. The maximum Gasteiger partial charge on any atom is 0.243 e. The Morgan fingerprint density at radius 3 is 2.51 bits per heavy atom. The number of amides is 3. The van der Waals surface area contributed by atoms with Gasteiger partial charge in [-0.25, -0.2) is 4.98 Å². The molecule has 2 aromatic rings. The monoisotopic (exact) mass is 531 g/mol. The number of aliphatic hydroxyl groups is 1. The van der Waals surface area contributed by atoms with E-state index in [4.69, 9.17) is 5.73 Å². The van der Waals surface area contributed by atoms with Gasteiger partial charge >= 0.3 is 0 Å². The van der Waals surface area contributed by atoms with Crippen molar-refractivity contribution in [3.8, 4) is 5.75 Å². The van der Waals surface area contributed by atoms with E-state index in [1.165, 1.54) is 23.5 Å². The number of aliphatic hydroxyl groups excluding tert-OH is 1. The first-order chi connectivity index (χ1) is 17.6. The van der Waals surface area contributed by atoms with Gasteiger partial charge in [-0.2, -0.15) is 0 Å². The molecule has 4 atom stereocenters. The molecular weight excluding hydrogens is 498 g/mol. The molecule has 3 amide bonds. The molecular formula is C25H33N5O6S. The third-order valence-electron chi connectivity index (χ3n) is 6.33. The number of Topliss-reactive ketones (excluding diaryl/α,β-unsaturated/α-hetero) is 1. The standard InChI is InChI=1S/C25H33N5O6S/c1-14(23(35)29-19(22(26)34)11-16-5-7-17(32)8-6-16)10-21(33)15(2)28-24(36)20-4-3-9-30(20)25-27-12-18(13-31)37-25/h5-8,12,14-15,19-20,31-32H,3-4,9-11,13H2,1-2H3,(H2,26,34)(H,28,36)(H,29,35)/t14-,15+,19+,20+/m1/s1. The van der Waals surface area contributed by atoms with E-state index < -0.39 is 35.9 Å². The summed E-state index contributed by atoms with van der Waals surface area (Å²) < 4.78 is 0. The summed E-state index contributed by atoms with van der Waals surface area (Å²) in [5, 5.41) is 24.7. The van der Waals surface area contributed by atoms with E-state index in [1.54, 1.807) is 32.2 Å². The van der Waals surface area contributed by atoms with Crippen LogP contribution in [0.1, 0.15) is 43.6 Å². The summed E-state index contributed by atoms with van der Waals surface area (Å²) in [5.41, 5.74) is 6.15. The number of nitrogens with two attached hydrogens (primary N) is 1. The molecule has 0 bridgehead atoms. The Bertz CT molecular complexity index is 1120. The Morgan fingerprint density at radius 1 is 1.19 bits per heavy atom. The van der Waals surface area contributed by atoms with Crippen molar-refractivity contribution >= 4 is 40.0 Å². The van der Waals surface area contributed by atoms with Crippen LogP contribution in [0.4, 0.5) is 5.13 Å². The number of carbonyl (C=O) groups excluding carboxylic acids is 4. The first-order valence-electron chi connectivity index (χ1n) is 12.1. The van der Waals surface area contributed by atoms with Gasteiger partial charge in [0.05, 0.1) is 17.5 Å². The van der Waals surface area contributed by atoms with Crippen LogP contribution in [0.5, 0.6) is 5.75 Å². The van der Waals surface area contributed by atoms with Crippen LogP contribution in [0, 0.1) is 5.92 Å². The van der Waals surface area contributed by atoms with Crippen LogP contribution in [0.3, 0.4) is 0 Å². The number of hydrogen-bond donors (Lipinski definition) is 5. The fourth-order valence-electron chi connectivity index (χ4n) is 4.14. The summed E-state index contributed by atoms with van der Waals surface area (Å²) in [6, 6.07) is 3.95. The lowest BCUT2D eigenvalue weighted by Gasteiger charge is -2.25. The van der Waals surface area contributed by atoms with Gasteiger partial charge in [-0.15, -0.1) is 0 Å². The average molecular weight is 532 g/mol. The third kappa shape index (κ3) is 7.49. The zero-order valence-electron chi connectivity index (χ0n) is 20.8. The largest absolute Gasteiger partial charge is 0.508 e. The van der Waals surface area contributed by atoms with E-state index >= 15 is 0 Å². The second kappa shape index (κ2) is 12.6. The van der Waals surface area contributed by atoms with Crippen LogP contribution in [0.2, 0.25) is 0 Å². The normalized spacial score (nSPS) is 17.6. The van der Waals surface area contributed by atoms with E-state index in [-0.39, 0.29) is 36.9 Å². The quantitative estimate of drug-likeness (QED) is 0.265. The fraction of sp³-hybridized carbons (Fsp3) is 0.480. The Labute approximate surface area is 219 Å². The molecule has 1 aliphatic heterocycles. The molecule has 0 saturated carbocycles. The SMILES string of the molecule is C[C@H](CC(=O)[C@H](C)NC(=O)[C@@H]1CCCN1c1ncc(CO)s1)C(=O)N[C@@H](Cc1ccc(O)cc1)C(N)=O. The van der Waals surface area contributed by atoms with Crippen molar-refractivity contribution in [2.24, 2.45) is 11.7 Å². The number of aromatic hydroxyl groups is 1. The lowest BCUT2D eigenvalue weighted by atomic mass is 9.98. The van der Waals surface area contributed by atoms with Crippen molar-refractivity contribution in [1.82, 2.24) is 15.6 Å². The number of primary amides is 1. The molecule has 1 aromatic carbocycles. The van der Waals surface area contributed by atoms with E-state index in [0.29, 0.717) is 28.5 Å². The minimum Gasteiger partial charge on any atom is -0.508 e. The van der Waals surface area contributed by atoms with Gasteiger partial charge in [-0.1, -0.05) is 30.4 Å². The van der Waals surface area contributed by atoms with Crippen LogP contribution in [-0.4, -0.2) is 63.4 Å². The molecule has 1 saturated heterocycles. The zero-order valence-corrected chi connectivity index (χ0v) is 21.7. The molecule has 0 spiro atoms. The minimum absolute atomic E-state index is 0.0800. The van der Waals surface area contributed by atoms with Crippen LogP contribution >= 0.6 is 11.3 Å². The maximum absolute atomic E-state index is 12.9. The predicted molar refractivity (Wildman–Crippen MR) is 138 cm³/mol. The van der Waals surface area contributed by atoms with Gasteiger partial charge < -0.3 is 31.5 Å². The van der Waals surface area contributed by atoms with E-state index in [0.717, 1.165) is 6.42 Å². The molecule has 0 aliphatic carbocycles. The number of phenolic OH excluding ortho intramolecular Hbond substituents is 1. The first kappa shape index (κ1) is 28.1. The molecule has 1 aliphatic rings. The molecule has 6 N–H and O–H groups in total. The van der Waals surface area contributed by atoms with Crippen LogP contribution in [-0.2, 0) is 32.2 Å². The van der Waals surface area contributed by atoms with Crippen molar-refractivity contribution in [2.45, 2.75) is 64.3 Å². The van der Waals surface area contributed by atoms with Crippen molar-refractivity contribution in [2.75, 3.05) is 11.4 Å². The Kier molecular flexibility index (Phi) is 9.59. The van der Waals surface area contributed by atoms with E-state index in [2.05, 4.69) is 15.6 Å². The topological polar surface area (TPSA) is 175 Å². The summed E-state index contributed by atoms with van der Waals surface area (Å²) in [4.78, 5) is 57.2. The number of hydrogen-bond acceptors (Lipinski definition) is 9. The molecule has 1 aromatic heterocycles. The molecule has 0 unspecified atom stereocenters. The molecule has 11 nitrogen and oxygen atoms in total. The second-order valence-corrected chi connectivity index (χ2v) is 10.3. The zero-order chi connectivity index (χ0) is 27.1. The van der Waals surface area contributed by atoms with Crippen LogP contribution in [0.25, 0.3) is 0 Å². The molecule has 37 heavy (non-hydrogen) atoms. The number of thiazole rings is 1. The highest BCUT2D eigenvalue weighted by molar-refractivity contribution is 7.15. The summed E-state index contributed by atoms with van der Waals surface area (Å²) in [7, 11) is 0. The number of nitrogens with one attached hydrogen (secondary N) is 2. The summed E-state index contributed by atoms with van der Waals surface area (Å²) in [6.45, 7) is 3.69. The van der Waals surface area contributed by atoms with Gasteiger partial charge in [0, 0.05) is 31.5 Å². The lowest BCUT2D eigenvalue weighted by Crippen LogP contribution is -2.50. The summed E-state index contributed by atoms with van der Waals surface area (Å²) in [6.07, 6.45) is 3.02. The Hall–Kier alpha value is -3.51. The Balaban J connectivity index is 1.52. The highest BCUT2D eigenvalue weighted by Gasteiger charge is 2.34. The van der Waals surface area contributed by atoms with Gasteiger partial charge in [0.1, 0.15) is 17.8 Å². The van der Waals surface area contributed by atoms with E-state index in [9.17, 15) is 29.4 Å². The summed E-state index contributed by atoms with van der Waals surface area (Å²) >= 11 is 1.33. The molecule has 200 valence electrons. The smallest absolute Gasteiger partial charge is 0.243 e. The number of carbonyl (C=O) groups is 4. The third-order valence-corrected chi connectivity index (χ3v) is 7.35. The van der Waals surface area contributed by atoms with Gasteiger partial charge in [-0.3, -0.25) is 19.2 Å². The molecule has 1 fully saturated rings. The lowest BCUT2D eigenvalue weighted by molar-refractivity contribution is -0.133. The van der Waals surface area contributed by atoms with Gasteiger partial charge in [0.2, 0.25) is 17.7 Å². The maximum atomic E-state index is 12.9. The number of benzene rings is 1. The first-order valence-corrected chi connectivity index (χ1v) is 12.9. The highest BCUT2D eigenvalue weighted by atomic mass is 32.1. The number of anilines is 1. The molecule has 12 heteroatoms. The average Bonchev–Trinajstić information content (AvgIpc) is 3.54. The van der Waals surface area contributed by atoms with Crippen molar-refractivity contribution < 1.29 is 29.4 Å². The molecule has 3 rings (SSSR count). The van der Waals surface area contributed by atoms with E-state index in [1.807, 2.05) is 4.90 Å². The second-order valence-electron chi connectivity index (χ2n) is 9.25.